The van der Waals surface area contributed by atoms with Crippen LogP contribution >= 0.6 is 0 Å². The maximum Gasteiger partial charge on any atom is 0.294 e. The molecule has 0 atom stereocenters. The smallest absolute Gasteiger partial charge is 0.294 e. The summed E-state index contributed by atoms with van der Waals surface area (Å²) in [6, 6.07) is 9.86. The minimum Gasteiger partial charge on any atom is -0.455 e. The third-order valence-electron chi connectivity index (χ3n) is 4.93. The summed E-state index contributed by atoms with van der Waals surface area (Å²) in [7, 11) is 0. The predicted octanol–water partition coefficient (Wildman–Crippen LogP) is 3.64. The third kappa shape index (κ3) is 3.47. The van der Waals surface area contributed by atoms with E-state index in [1.165, 1.54) is 0 Å². The lowest BCUT2D eigenvalue weighted by atomic mass is 9.76. The normalized spacial score (nSPS) is 15.3. The lowest BCUT2D eigenvalue weighted by Crippen LogP contribution is -2.26. The van der Waals surface area contributed by atoms with Gasteiger partial charge in [-0.2, -0.15) is 0 Å². The maximum absolute atomic E-state index is 12.7. The highest BCUT2D eigenvalue weighted by Crippen LogP contribution is 2.38. The van der Waals surface area contributed by atoms with E-state index >= 15 is 0 Å². The molecule has 1 aliphatic carbocycles. The van der Waals surface area contributed by atoms with E-state index in [1.807, 2.05) is 44.2 Å². The number of carbonyl (C=O) groups is 2. The van der Waals surface area contributed by atoms with E-state index in [-0.39, 0.29) is 22.9 Å². The number of aromatic nitrogens is 3. The van der Waals surface area contributed by atoms with Crippen molar-refractivity contribution in [2.24, 2.45) is 5.41 Å². The Morgan fingerprint density at radius 1 is 1.25 bits per heavy atom. The number of rotatable bonds is 4. The molecular weight excluding hydrogens is 356 g/mol. The quantitative estimate of drug-likeness (QED) is 0.749. The molecule has 0 fully saturated rings. The zero-order chi connectivity index (χ0) is 19.9. The number of anilines is 1. The van der Waals surface area contributed by atoms with Gasteiger partial charge >= 0.3 is 0 Å². The Bertz CT molecular complexity index is 1050. The summed E-state index contributed by atoms with van der Waals surface area (Å²) in [5, 5.41) is 6.95. The van der Waals surface area contributed by atoms with Gasteiger partial charge in [-0.05, 0) is 17.9 Å². The molecule has 1 N–H and O–H groups in total. The zero-order valence-corrected chi connectivity index (χ0v) is 16.2. The molecule has 0 unspecified atom stereocenters. The molecule has 0 spiro atoms. The Morgan fingerprint density at radius 2 is 2.00 bits per heavy atom. The Morgan fingerprint density at radius 3 is 2.75 bits per heavy atom. The topological polar surface area (TPSA) is 90.0 Å². The Kier molecular flexibility index (Phi) is 4.37. The van der Waals surface area contributed by atoms with E-state index in [1.54, 1.807) is 17.9 Å². The molecule has 0 radical (unpaired) electrons. The van der Waals surface area contributed by atoms with E-state index in [0.29, 0.717) is 36.3 Å². The van der Waals surface area contributed by atoms with E-state index in [4.69, 9.17) is 4.42 Å². The maximum atomic E-state index is 12.7. The third-order valence-corrected chi connectivity index (χ3v) is 4.93. The van der Waals surface area contributed by atoms with Crippen molar-refractivity contribution in [1.29, 1.82) is 0 Å². The summed E-state index contributed by atoms with van der Waals surface area (Å²) >= 11 is 0. The molecule has 4 rings (SSSR count). The van der Waals surface area contributed by atoms with Gasteiger partial charge in [0.25, 0.3) is 5.91 Å². The average molecular weight is 378 g/mol. The number of hydrogen-bond acceptors (Lipinski definition) is 5. The fraction of sp³-hybridized carbons (Fsp3) is 0.333. The first-order valence-corrected chi connectivity index (χ1v) is 9.22. The van der Waals surface area contributed by atoms with Crippen molar-refractivity contribution in [3.63, 3.8) is 0 Å². The van der Waals surface area contributed by atoms with Gasteiger partial charge in [0.15, 0.2) is 11.5 Å². The number of nitrogens with zero attached hydrogens (tertiary/aromatic N) is 3. The van der Waals surface area contributed by atoms with Crippen LogP contribution in [0.15, 0.2) is 41.1 Å². The largest absolute Gasteiger partial charge is 0.455 e. The van der Waals surface area contributed by atoms with Gasteiger partial charge in [0.05, 0.1) is 12.1 Å². The molecule has 0 saturated heterocycles. The van der Waals surface area contributed by atoms with Crippen molar-refractivity contribution < 1.29 is 14.0 Å². The zero-order valence-electron chi connectivity index (χ0n) is 16.2. The van der Waals surface area contributed by atoms with Gasteiger partial charge in [-0.25, -0.2) is 9.67 Å². The molecule has 1 amide bonds. The van der Waals surface area contributed by atoms with Crippen molar-refractivity contribution in [3.05, 3.63) is 64.9 Å². The first kappa shape index (κ1) is 18.2. The van der Waals surface area contributed by atoms with Gasteiger partial charge in [-0.1, -0.05) is 44.2 Å². The fourth-order valence-electron chi connectivity index (χ4n) is 3.66. The summed E-state index contributed by atoms with van der Waals surface area (Å²) < 4.78 is 7.43. The number of Topliss-reactive ketones (excluding diaryl/α,β-unsaturated/α-hetero) is 1. The van der Waals surface area contributed by atoms with E-state index in [0.717, 1.165) is 5.56 Å². The summed E-state index contributed by atoms with van der Waals surface area (Å²) in [5.74, 6) is 0.509. The Hall–Kier alpha value is -3.22. The second kappa shape index (κ2) is 6.74. The Balaban J connectivity index is 1.52. The van der Waals surface area contributed by atoms with Crippen molar-refractivity contribution in [2.75, 3.05) is 5.32 Å². The van der Waals surface area contributed by atoms with Gasteiger partial charge < -0.3 is 4.42 Å². The molecule has 7 heteroatoms. The molecule has 2 aromatic heterocycles. The number of hydrogen-bond donors (Lipinski definition) is 1. The number of nitrogens with one attached hydrogen (secondary N) is 1. The summed E-state index contributed by atoms with van der Waals surface area (Å²) in [5.41, 5.74) is 2.05. The van der Waals surface area contributed by atoms with Gasteiger partial charge in [-0.3, -0.25) is 14.9 Å². The van der Waals surface area contributed by atoms with Crippen LogP contribution in [0, 0.1) is 12.3 Å². The summed E-state index contributed by atoms with van der Waals surface area (Å²) in [6.07, 6.45) is 2.65. The molecule has 28 heavy (non-hydrogen) atoms. The highest BCUT2D eigenvalue weighted by Gasteiger charge is 2.37. The van der Waals surface area contributed by atoms with Crippen LogP contribution in [0.5, 0.6) is 0 Å². The second-order valence-electron chi connectivity index (χ2n) is 8.00. The monoisotopic (exact) mass is 378 g/mol. The van der Waals surface area contributed by atoms with Crippen LogP contribution in [0.1, 0.15) is 58.1 Å². The SMILES string of the molecule is Cc1c(C(=O)Nc2ncn(Cc3ccccc3)n2)oc2c1C(=O)CC(C)(C)C2. The second-order valence-corrected chi connectivity index (χ2v) is 8.00. The standard InChI is InChI=1S/C21H22N4O3/c1-13-17-15(26)9-21(2,3)10-16(17)28-18(13)19(27)23-20-22-12-25(24-20)11-14-7-5-4-6-8-14/h4-8,12H,9-11H2,1-3H3,(H,23,24,27). The van der Waals surface area contributed by atoms with Crippen molar-refractivity contribution in [2.45, 2.75) is 40.2 Å². The molecule has 7 nitrogen and oxygen atoms in total. The number of fused-ring (bicyclic) bond motifs is 1. The van der Waals surface area contributed by atoms with Crippen LogP contribution in [0.4, 0.5) is 5.95 Å². The van der Waals surface area contributed by atoms with E-state index in [9.17, 15) is 9.59 Å². The first-order valence-electron chi connectivity index (χ1n) is 9.22. The summed E-state index contributed by atoms with van der Waals surface area (Å²) in [6.45, 7) is 6.35. The van der Waals surface area contributed by atoms with Gasteiger partial charge in [0, 0.05) is 18.4 Å². The van der Waals surface area contributed by atoms with Crippen molar-refractivity contribution in [3.8, 4) is 0 Å². The number of ketones is 1. The van der Waals surface area contributed by atoms with Crippen LogP contribution in [0.25, 0.3) is 0 Å². The molecule has 1 aromatic carbocycles. The molecule has 0 bridgehead atoms. The highest BCUT2D eigenvalue weighted by molar-refractivity contribution is 6.07. The Labute approximate surface area is 162 Å². The molecular formula is C21H22N4O3. The highest BCUT2D eigenvalue weighted by atomic mass is 16.4. The average Bonchev–Trinajstić information content (AvgIpc) is 3.19. The van der Waals surface area contributed by atoms with Crippen LogP contribution in [0.3, 0.4) is 0 Å². The molecule has 0 aliphatic heterocycles. The van der Waals surface area contributed by atoms with Gasteiger partial charge in [0.2, 0.25) is 5.95 Å². The van der Waals surface area contributed by atoms with Crippen molar-refractivity contribution in [1.82, 2.24) is 14.8 Å². The number of benzene rings is 1. The number of amides is 1. The molecule has 3 aromatic rings. The summed E-state index contributed by atoms with van der Waals surface area (Å²) in [4.78, 5) is 29.3. The van der Waals surface area contributed by atoms with Gasteiger partial charge in [-0.15, -0.1) is 5.10 Å². The lowest BCUT2D eigenvalue weighted by molar-refractivity contribution is 0.0898. The molecule has 1 aliphatic rings. The minimum absolute atomic E-state index is 0.0248. The fourth-order valence-corrected chi connectivity index (χ4v) is 3.66. The first-order chi connectivity index (χ1) is 13.3. The number of carbonyl (C=O) groups excluding carboxylic acids is 2. The number of furan rings is 1. The van der Waals surface area contributed by atoms with Crippen molar-refractivity contribution >= 4 is 17.6 Å². The van der Waals surface area contributed by atoms with Gasteiger partial charge in [0.1, 0.15) is 12.1 Å². The lowest BCUT2D eigenvalue weighted by Gasteiger charge is -2.27. The van der Waals surface area contributed by atoms with Crippen LogP contribution in [-0.2, 0) is 13.0 Å². The molecule has 0 saturated carbocycles. The molecule has 144 valence electrons. The molecule has 2 heterocycles. The van der Waals surface area contributed by atoms with Crippen LogP contribution < -0.4 is 5.32 Å². The predicted molar refractivity (Wildman–Crippen MR) is 103 cm³/mol. The van der Waals surface area contributed by atoms with E-state index < -0.39 is 5.91 Å². The van der Waals surface area contributed by atoms with E-state index in [2.05, 4.69) is 15.4 Å². The van der Waals surface area contributed by atoms with Crippen LogP contribution in [-0.4, -0.2) is 26.5 Å². The minimum atomic E-state index is -0.449. The van der Waals surface area contributed by atoms with Crippen LogP contribution in [0.2, 0.25) is 0 Å².